The first-order chi connectivity index (χ1) is 9.58. The summed E-state index contributed by atoms with van der Waals surface area (Å²) in [6, 6.07) is 11.3. The van der Waals surface area contributed by atoms with E-state index in [2.05, 4.69) is 10.5 Å². The van der Waals surface area contributed by atoms with E-state index in [9.17, 15) is 15.2 Å². The molecule has 102 valence electrons. The molecule has 0 aliphatic carbocycles. The van der Waals surface area contributed by atoms with Crippen molar-refractivity contribution in [3.05, 3.63) is 63.7 Å². The van der Waals surface area contributed by atoms with Gasteiger partial charge in [-0.25, -0.2) is 0 Å². The van der Waals surface area contributed by atoms with Gasteiger partial charge in [-0.1, -0.05) is 18.2 Å². The van der Waals surface area contributed by atoms with E-state index in [4.69, 9.17) is 0 Å². The molecule has 20 heavy (non-hydrogen) atoms. The molecule has 0 unspecified atom stereocenters. The quantitative estimate of drug-likeness (QED) is 0.508. The Labute approximate surface area is 115 Å². The van der Waals surface area contributed by atoms with Gasteiger partial charge in [0.25, 0.3) is 5.69 Å². The number of aryl methyl sites for hydroxylation is 1. The van der Waals surface area contributed by atoms with Crippen LogP contribution in [-0.2, 0) is 0 Å². The lowest BCUT2D eigenvalue weighted by molar-refractivity contribution is -0.384. The van der Waals surface area contributed by atoms with Crippen molar-refractivity contribution in [3.63, 3.8) is 0 Å². The number of phenols is 1. The normalized spacial score (nSPS) is 10.7. The number of anilines is 1. The number of phenolic OH excluding ortho intramolecular Hbond substituents is 1. The van der Waals surface area contributed by atoms with Crippen molar-refractivity contribution in [1.82, 2.24) is 0 Å². The Balaban J connectivity index is 2.17. The topological polar surface area (TPSA) is 87.8 Å². The fraction of sp³-hybridized carbons (Fsp3) is 0.0714. The number of para-hydroxylation sites is 1. The molecule has 0 amide bonds. The fourth-order valence-corrected chi connectivity index (χ4v) is 1.63. The largest absolute Gasteiger partial charge is 0.507 e. The van der Waals surface area contributed by atoms with E-state index >= 15 is 0 Å². The third kappa shape index (κ3) is 3.11. The van der Waals surface area contributed by atoms with E-state index in [1.807, 2.05) is 31.2 Å². The van der Waals surface area contributed by atoms with Gasteiger partial charge in [-0.2, -0.15) is 5.10 Å². The summed E-state index contributed by atoms with van der Waals surface area (Å²) in [6.07, 6.45) is 1.34. The third-order valence-corrected chi connectivity index (χ3v) is 2.76. The van der Waals surface area contributed by atoms with Gasteiger partial charge in [-0.3, -0.25) is 15.5 Å². The number of benzene rings is 2. The zero-order chi connectivity index (χ0) is 14.5. The molecule has 0 saturated carbocycles. The van der Waals surface area contributed by atoms with Crippen LogP contribution in [0.1, 0.15) is 11.1 Å². The van der Waals surface area contributed by atoms with E-state index in [-0.39, 0.29) is 17.0 Å². The molecule has 0 atom stereocenters. The second-order valence-electron chi connectivity index (χ2n) is 4.19. The highest BCUT2D eigenvalue weighted by molar-refractivity contribution is 5.85. The lowest BCUT2D eigenvalue weighted by atomic mass is 10.2. The van der Waals surface area contributed by atoms with Gasteiger partial charge in [-0.15, -0.1) is 0 Å². The number of non-ortho nitro benzene ring substituents is 1. The molecule has 2 rings (SSSR count). The third-order valence-electron chi connectivity index (χ3n) is 2.76. The molecular weight excluding hydrogens is 258 g/mol. The Morgan fingerprint density at radius 2 is 2.05 bits per heavy atom. The molecule has 2 aromatic rings. The summed E-state index contributed by atoms with van der Waals surface area (Å²) in [7, 11) is 0. The molecule has 0 spiro atoms. The molecule has 0 aromatic heterocycles. The van der Waals surface area contributed by atoms with Crippen molar-refractivity contribution < 1.29 is 10.0 Å². The predicted octanol–water partition coefficient (Wildman–Crippen LogP) is 3.05. The molecule has 0 heterocycles. The number of hydrazone groups is 1. The van der Waals surface area contributed by atoms with Crippen LogP contribution < -0.4 is 5.43 Å². The van der Waals surface area contributed by atoms with Crippen LogP contribution in [0.3, 0.4) is 0 Å². The molecule has 0 saturated heterocycles. The van der Waals surface area contributed by atoms with Crippen LogP contribution in [0.15, 0.2) is 47.6 Å². The van der Waals surface area contributed by atoms with Crippen LogP contribution in [-0.4, -0.2) is 16.2 Å². The van der Waals surface area contributed by atoms with Gasteiger partial charge in [0.2, 0.25) is 0 Å². The summed E-state index contributed by atoms with van der Waals surface area (Å²) in [5.41, 5.74) is 4.86. The molecule has 2 N–H and O–H groups in total. The Bertz CT molecular complexity index is 668. The number of rotatable bonds is 4. The maximum Gasteiger partial charge on any atom is 0.270 e. The Morgan fingerprint density at radius 1 is 1.30 bits per heavy atom. The van der Waals surface area contributed by atoms with Gasteiger partial charge in [0.1, 0.15) is 5.75 Å². The van der Waals surface area contributed by atoms with Crippen molar-refractivity contribution in [2.45, 2.75) is 6.92 Å². The standard InChI is InChI=1S/C14H13N3O3/c1-10-4-2-3-5-13(10)16-15-9-11-8-12(17(19)20)6-7-14(11)18/h2-9,16,18H,1H3/b15-9-. The van der Waals surface area contributed by atoms with Crippen molar-refractivity contribution >= 4 is 17.6 Å². The smallest absolute Gasteiger partial charge is 0.270 e. The van der Waals surface area contributed by atoms with Crippen LogP contribution in [0.4, 0.5) is 11.4 Å². The fourth-order valence-electron chi connectivity index (χ4n) is 1.63. The average Bonchev–Trinajstić information content (AvgIpc) is 2.42. The van der Waals surface area contributed by atoms with Crippen molar-refractivity contribution in [2.24, 2.45) is 5.10 Å². The summed E-state index contributed by atoms with van der Waals surface area (Å²) >= 11 is 0. The van der Waals surface area contributed by atoms with Gasteiger partial charge >= 0.3 is 0 Å². The minimum Gasteiger partial charge on any atom is -0.507 e. The van der Waals surface area contributed by atoms with E-state index in [0.717, 1.165) is 11.3 Å². The summed E-state index contributed by atoms with van der Waals surface area (Å²) in [5.74, 6) is -0.0640. The molecule has 6 heteroatoms. The zero-order valence-electron chi connectivity index (χ0n) is 10.8. The van der Waals surface area contributed by atoms with Gasteiger partial charge in [-0.05, 0) is 24.6 Å². The highest BCUT2D eigenvalue weighted by Crippen LogP contribution is 2.21. The number of nitro groups is 1. The lowest BCUT2D eigenvalue weighted by Gasteiger charge is -2.03. The summed E-state index contributed by atoms with van der Waals surface area (Å²) in [4.78, 5) is 10.1. The molecule has 6 nitrogen and oxygen atoms in total. The molecule has 0 radical (unpaired) electrons. The minimum atomic E-state index is -0.522. The highest BCUT2D eigenvalue weighted by Gasteiger charge is 2.08. The number of hydrogen-bond acceptors (Lipinski definition) is 5. The SMILES string of the molecule is Cc1ccccc1N/N=C\c1cc([N+](=O)[O-])ccc1O. The van der Waals surface area contributed by atoms with Crippen LogP contribution in [0, 0.1) is 17.0 Å². The summed E-state index contributed by atoms with van der Waals surface area (Å²) in [5, 5.41) is 24.3. The molecule has 0 aliphatic rings. The first-order valence-corrected chi connectivity index (χ1v) is 5.90. The minimum absolute atomic E-state index is 0.0640. The predicted molar refractivity (Wildman–Crippen MR) is 77.2 cm³/mol. The summed E-state index contributed by atoms with van der Waals surface area (Å²) in [6.45, 7) is 1.93. The Kier molecular flexibility index (Phi) is 3.95. The van der Waals surface area contributed by atoms with E-state index < -0.39 is 4.92 Å². The lowest BCUT2D eigenvalue weighted by Crippen LogP contribution is -1.94. The molecular formula is C14H13N3O3. The maximum atomic E-state index is 10.7. The number of nitrogens with zero attached hydrogens (tertiary/aromatic N) is 2. The second kappa shape index (κ2) is 5.83. The maximum absolute atomic E-state index is 10.7. The van der Waals surface area contributed by atoms with Gasteiger partial charge < -0.3 is 5.11 Å². The van der Waals surface area contributed by atoms with Crippen LogP contribution >= 0.6 is 0 Å². The van der Waals surface area contributed by atoms with E-state index in [1.54, 1.807) is 0 Å². The summed E-state index contributed by atoms with van der Waals surface area (Å²) < 4.78 is 0. The van der Waals surface area contributed by atoms with Crippen molar-refractivity contribution in [2.75, 3.05) is 5.43 Å². The van der Waals surface area contributed by atoms with Crippen LogP contribution in [0.5, 0.6) is 5.75 Å². The van der Waals surface area contributed by atoms with E-state index in [1.165, 1.54) is 24.4 Å². The van der Waals surface area contributed by atoms with Crippen LogP contribution in [0.2, 0.25) is 0 Å². The molecule has 0 bridgehead atoms. The molecule has 2 aromatic carbocycles. The van der Waals surface area contributed by atoms with Crippen molar-refractivity contribution in [1.29, 1.82) is 0 Å². The second-order valence-corrected chi connectivity index (χ2v) is 4.19. The number of nitrogens with one attached hydrogen (secondary N) is 1. The average molecular weight is 271 g/mol. The highest BCUT2D eigenvalue weighted by atomic mass is 16.6. The van der Waals surface area contributed by atoms with Gasteiger partial charge in [0, 0.05) is 17.7 Å². The van der Waals surface area contributed by atoms with Gasteiger partial charge in [0.15, 0.2) is 0 Å². The number of nitro benzene ring substituents is 1. The molecule has 0 fully saturated rings. The van der Waals surface area contributed by atoms with Crippen LogP contribution in [0.25, 0.3) is 0 Å². The first-order valence-electron chi connectivity index (χ1n) is 5.90. The van der Waals surface area contributed by atoms with Gasteiger partial charge in [0.05, 0.1) is 16.8 Å². The molecule has 0 aliphatic heterocycles. The Hall–Kier alpha value is -2.89. The Morgan fingerprint density at radius 3 is 2.75 bits per heavy atom. The number of hydrogen-bond donors (Lipinski definition) is 2. The zero-order valence-corrected chi connectivity index (χ0v) is 10.8. The number of aromatic hydroxyl groups is 1. The van der Waals surface area contributed by atoms with E-state index in [0.29, 0.717) is 0 Å². The first kappa shape index (κ1) is 13.5. The monoisotopic (exact) mass is 271 g/mol. The van der Waals surface area contributed by atoms with Crippen molar-refractivity contribution in [3.8, 4) is 5.75 Å².